The van der Waals surface area contributed by atoms with Gasteiger partial charge in [0, 0.05) is 23.8 Å². The van der Waals surface area contributed by atoms with E-state index in [4.69, 9.17) is 0 Å². The zero-order valence-electron chi connectivity index (χ0n) is 12.0. The lowest BCUT2D eigenvalue weighted by Gasteiger charge is -2.12. The van der Waals surface area contributed by atoms with E-state index in [1.54, 1.807) is 23.9 Å². The number of thiophene rings is 2. The van der Waals surface area contributed by atoms with Gasteiger partial charge in [-0.2, -0.15) is 0 Å². The van der Waals surface area contributed by atoms with E-state index < -0.39 is 0 Å². The summed E-state index contributed by atoms with van der Waals surface area (Å²) in [6, 6.07) is 7.67. The third-order valence-electron chi connectivity index (χ3n) is 3.94. The maximum absolute atomic E-state index is 12.7. The van der Waals surface area contributed by atoms with E-state index >= 15 is 0 Å². The first kappa shape index (κ1) is 13.5. The van der Waals surface area contributed by atoms with Crippen LogP contribution in [0.2, 0.25) is 0 Å². The van der Waals surface area contributed by atoms with Crippen LogP contribution < -0.4 is 0 Å². The minimum Gasteiger partial charge on any atom is -0.309 e. The molecule has 0 spiro atoms. The van der Waals surface area contributed by atoms with Crippen LogP contribution in [0.25, 0.3) is 11.1 Å². The number of likely N-dealkylation sites (N-methyl/N-ethyl adjacent to an activating group) is 2. The molecule has 0 bridgehead atoms. The van der Waals surface area contributed by atoms with Gasteiger partial charge in [-0.05, 0) is 22.9 Å². The molecule has 0 aromatic carbocycles. The fraction of sp³-hybridized carbons (Fsp3) is 0.125. The molecule has 2 amide bonds. The van der Waals surface area contributed by atoms with Crippen LogP contribution in [-0.4, -0.2) is 35.7 Å². The summed E-state index contributed by atoms with van der Waals surface area (Å²) in [6.45, 7) is 0. The van der Waals surface area contributed by atoms with Crippen molar-refractivity contribution in [1.82, 2.24) is 9.80 Å². The highest BCUT2D eigenvalue weighted by molar-refractivity contribution is 7.12. The van der Waals surface area contributed by atoms with E-state index in [0.29, 0.717) is 11.1 Å². The van der Waals surface area contributed by atoms with E-state index in [2.05, 4.69) is 0 Å². The molecule has 0 radical (unpaired) electrons. The molecule has 0 saturated heterocycles. The molecule has 2 aliphatic heterocycles. The Morgan fingerprint density at radius 3 is 1.50 bits per heavy atom. The van der Waals surface area contributed by atoms with Crippen LogP contribution in [0.5, 0.6) is 0 Å². The fourth-order valence-corrected chi connectivity index (χ4v) is 4.44. The minimum atomic E-state index is -0.0548. The summed E-state index contributed by atoms with van der Waals surface area (Å²) in [5.41, 5.74) is 2.69. The Balaban J connectivity index is 2.03. The van der Waals surface area contributed by atoms with Gasteiger partial charge in [-0.15, -0.1) is 22.7 Å². The average Bonchev–Trinajstić information content (AvgIpc) is 3.25. The highest BCUT2D eigenvalue weighted by Crippen LogP contribution is 2.46. The number of carbonyl (C=O) groups excluding carboxylic acids is 2. The Morgan fingerprint density at radius 1 is 0.773 bits per heavy atom. The lowest BCUT2D eigenvalue weighted by atomic mass is 10.1. The molecule has 0 aliphatic carbocycles. The molecule has 4 rings (SSSR count). The van der Waals surface area contributed by atoms with Gasteiger partial charge in [0.1, 0.15) is 0 Å². The van der Waals surface area contributed by atoms with Crippen LogP contribution in [0.1, 0.15) is 9.75 Å². The molecule has 0 N–H and O–H groups in total. The molecule has 0 fully saturated rings. The van der Waals surface area contributed by atoms with Gasteiger partial charge >= 0.3 is 0 Å². The van der Waals surface area contributed by atoms with Crippen LogP contribution in [0, 0.1) is 0 Å². The molecule has 6 heteroatoms. The smallest absolute Gasteiger partial charge is 0.261 e. The largest absolute Gasteiger partial charge is 0.309 e. The van der Waals surface area contributed by atoms with Crippen molar-refractivity contribution in [1.29, 1.82) is 0 Å². The van der Waals surface area contributed by atoms with Gasteiger partial charge in [0.05, 0.1) is 22.5 Å². The summed E-state index contributed by atoms with van der Waals surface area (Å²) < 4.78 is 0. The van der Waals surface area contributed by atoms with Crippen LogP contribution in [0.3, 0.4) is 0 Å². The van der Waals surface area contributed by atoms with Gasteiger partial charge in [-0.1, -0.05) is 12.1 Å². The fourth-order valence-electron chi connectivity index (χ4n) is 2.92. The molecule has 2 aromatic heterocycles. The van der Waals surface area contributed by atoms with E-state index in [1.807, 2.05) is 35.0 Å². The van der Waals surface area contributed by atoms with Crippen molar-refractivity contribution in [2.75, 3.05) is 14.1 Å². The molecule has 2 aromatic rings. The number of fused-ring (bicyclic) bond motifs is 1. The summed E-state index contributed by atoms with van der Waals surface area (Å²) in [5.74, 6) is -0.110. The lowest BCUT2D eigenvalue weighted by molar-refractivity contribution is -0.121. The topological polar surface area (TPSA) is 40.6 Å². The first-order valence-electron chi connectivity index (χ1n) is 6.74. The van der Waals surface area contributed by atoms with Gasteiger partial charge in [-0.25, -0.2) is 0 Å². The van der Waals surface area contributed by atoms with Crippen molar-refractivity contribution in [3.63, 3.8) is 0 Å². The van der Waals surface area contributed by atoms with Gasteiger partial charge in [0.2, 0.25) is 0 Å². The van der Waals surface area contributed by atoms with Crippen molar-refractivity contribution in [3.8, 4) is 0 Å². The SMILES string of the molecule is CN1C(=O)C(c2cccs2)=C2C1=C(c1cccs1)C(=O)N2C. The third kappa shape index (κ3) is 1.62. The number of nitrogens with zero attached hydrogens (tertiary/aromatic N) is 2. The minimum absolute atomic E-state index is 0.0548. The molecular weight excluding hydrogens is 316 g/mol. The second-order valence-corrected chi connectivity index (χ2v) is 7.03. The van der Waals surface area contributed by atoms with E-state index in [9.17, 15) is 9.59 Å². The number of hydrogen-bond acceptors (Lipinski definition) is 4. The van der Waals surface area contributed by atoms with Crippen molar-refractivity contribution in [2.24, 2.45) is 0 Å². The van der Waals surface area contributed by atoms with Crippen LogP contribution in [0.4, 0.5) is 0 Å². The van der Waals surface area contributed by atoms with E-state index in [1.165, 1.54) is 22.7 Å². The normalized spacial score (nSPS) is 18.1. The van der Waals surface area contributed by atoms with E-state index in [-0.39, 0.29) is 11.8 Å². The second kappa shape index (κ2) is 4.66. The Bertz CT molecular complexity index is 773. The summed E-state index contributed by atoms with van der Waals surface area (Å²) in [6.07, 6.45) is 0. The zero-order chi connectivity index (χ0) is 15.4. The summed E-state index contributed by atoms with van der Waals surface area (Å²) in [4.78, 5) is 30.4. The Labute approximate surface area is 135 Å². The van der Waals surface area contributed by atoms with Crippen LogP contribution in [0.15, 0.2) is 46.4 Å². The second-order valence-electron chi connectivity index (χ2n) is 5.13. The molecule has 4 heterocycles. The van der Waals surface area contributed by atoms with Gasteiger partial charge in [0.15, 0.2) is 0 Å². The molecule has 0 unspecified atom stereocenters. The predicted octanol–water partition coefficient (Wildman–Crippen LogP) is 2.88. The Morgan fingerprint density at radius 2 is 1.18 bits per heavy atom. The van der Waals surface area contributed by atoms with Crippen LogP contribution >= 0.6 is 22.7 Å². The van der Waals surface area contributed by atoms with Gasteiger partial charge < -0.3 is 9.80 Å². The standard InChI is InChI=1S/C16H12N2O2S2/c1-17-13-11(9-5-3-7-21-9)16(20)18(2)14(13)12(15(17)19)10-6-4-8-22-10/h3-8H,1-2H3. The number of carbonyl (C=O) groups is 2. The first-order chi connectivity index (χ1) is 10.6. The molecule has 4 nitrogen and oxygen atoms in total. The quantitative estimate of drug-likeness (QED) is 0.850. The number of amides is 2. The molecule has 2 aliphatic rings. The molecular formula is C16H12N2O2S2. The van der Waals surface area contributed by atoms with Crippen molar-refractivity contribution < 1.29 is 9.59 Å². The van der Waals surface area contributed by atoms with Gasteiger partial charge in [-0.3, -0.25) is 9.59 Å². The third-order valence-corrected chi connectivity index (χ3v) is 5.72. The summed E-state index contributed by atoms with van der Waals surface area (Å²) in [5, 5.41) is 3.88. The zero-order valence-corrected chi connectivity index (χ0v) is 13.6. The highest BCUT2D eigenvalue weighted by Gasteiger charge is 2.46. The first-order valence-corrected chi connectivity index (χ1v) is 8.50. The highest BCUT2D eigenvalue weighted by atomic mass is 32.1. The van der Waals surface area contributed by atoms with Gasteiger partial charge in [0.25, 0.3) is 11.8 Å². The maximum Gasteiger partial charge on any atom is 0.261 e. The van der Waals surface area contributed by atoms with Crippen molar-refractivity contribution >= 4 is 45.6 Å². The van der Waals surface area contributed by atoms with Crippen molar-refractivity contribution in [3.05, 3.63) is 56.2 Å². The average molecular weight is 328 g/mol. The molecule has 0 atom stereocenters. The summed E-state index contributed by atoms with van der Waals surface area (Å²) in [7, 11) is 3.47. The lowest BCUT2D eigenvalue weighted by Crippen LogP contribution is -2.22. The molecule has 110 valence electrons. The maximum atomic E-state index is 12.7. The number of rotatable bonds is 2. The Kier molecular flexibility index (Phi) is 2.85. The Hall–Kier alpha value is -2.18. The molecule has 22 heavy (non-hydrogen) atoms. The van der Waals surface area contributed by atoms with Crippen molar-refractivity contribution in [2.45, 2.75) is 0 Å². The number of hydrogen-bond donors (Lipinski definition) is 0. The van der Waals surface area contributed by atoms with Crippen LogP contribution in [-0.2, 0) is 9.59 Å². The van der Waals surface area contributed by atoms with E-state index in [0.717, 1.165) is 21.1 Å². The monoisotopic (exact) mass is 328 g/mol. The molecule has 0 saturated carbocycles. The predicted molar refractivity (Wildman–Crippen MR) is 88.0 cm³/mol. The summed E-state index contributed by atoms with van der Waals surface area (Å²) >= 11 is 3.03.